The molecule has 9 rings (SSSR count). The molecule has 0 unspecified atom stereocenters. The van der Waals surface area contributed by atoms with E-state index in [2.05, 4.69) is 165 Å². The molecule has 0 bridgehead atoms. The van der Waals surface area contributed by atoms with E-state index >= 15 is 0 Å². The molecule has 0 saturated heterocycles. The molecule has 0 aliphatic rings. The van der Waals surface area contributed by atoms with Gasteiger partial charge in [-0.25, -0.2) is 15.0 Å². The Balaban J connectivity index is 1.41. The standard InChI is InChI=1S/C51H44N6/c1-50(2,3)38-17-19-44-42(31-38)43-32-39(51(4,5)6)18-20-45(43)57(44)46-40(33-13-9-7-10-14-33)29-37(30-41(46)34-15-11-8-12-16-34)49-55-47(35-21-25-52-26-22-35)54-48(56-49)36-23-27-53-28-24-36/h7-32H,1-6H3. The number of rotatable bonds is 6. The van der Waals surface area contributed by atoms with E-state index in [1.165, 1.54) is 21.9 Å². The molecular formula is C51H44N6. The highest BCUT2D eigenvalue weighted by molar-refractivity contribution is 6.11. The first kappa shape index (κ1) is 35.9. The van der Waals surface area contributed by atoms with Crippen LogP contribution < -0.4 is 0 Å². The molecule has 0 radical (unpaired) electrons. The van der Waals surface area contributed by atoms with Crippen LogP contribution in [0.15, 0.2) is 158 Å². The maximum atomic E-state index is 5.15. The zero-order chi connectivity index (χ0) is 39.3. The molecule has 5 aromatic carbocycles. The van der Waals surface area contributed by atoms with Gasteiger partial charge in [0, 0.05) is 63.4 Å². The summed E-state index contributed by atoms with van der Waals surface area (Å²) in [5.74, 6) is 1.73. The SMILES string of the molecule is CC(C)(C)c1ccc2c(c1)c1cc(C(C)(C)C)ccc1n2-c1c(-c2ccccc2)cc(-c2nc(-c3ccncc3)nc(-c3ccncc3)n2)cc1-c1ccccc1. The molecule has 278 valence electrons. The Kier molecular flexibility index (Phi) is 8.85. The minimum Gasteiger partial charge on any atom is -0.308 e. The second-order valence-electron chi connectivity index (χ2n) is 16.7. The molecule has 0 aliphatic carbocycles. The topological polar surface area (TPSA) is 69.4 Å². The molecule has 4 heterocycles. The number of aromatic nitrogens is 6. The van der Waals surface area contributed by atoms with Crippen LogP contribution in [0.3, 0.4) is 0 Å². The fourth-order valence-corrected chi connectivity index (χ4v) is 7.64. The van der Waals surface area contributed by atoms with E-state index in [-0.39, 0.29) is 10.8 Å². The third-order valence-corrected chi connectivity index (χ3v) is 10.8. The zero-order valence-electron chi connectivity index (χ0n) is 33.2. The van der Waals surface area contributed by atoms with Crippen molar-refractivity contribution in [2.45, 2.75) is 52.4 Å². The summed E-state index contributed by atoms with van der Waals surface area (Å²) in [5.41, 5.74) is 13.0. The minimum absolute atomic E-state index is 0.00886. The van der Waals surface area contributed by atoms with Crippen molar-refractivity contribution in [3.8, 4) is 62.1 Å². The van der Waals surface area contributed by atoms with Gasteiger partial charge in [0.1, 0.15) is 0 Å². The Morgan fingerprint density at radius 1 is 0.386 bits per heavy atom. The molecule has 4 aromatic heterocycles. The molecule has 0 aliphatic heterocycles. The molecule has 9 aromatic rings. The van der Waals surface area contributed by atoms with Crippen molar-refractivity contribution in [3.05, 3.63) is 169 Å². The van der Waals surface area contributed by atoms with Gasteiger partial charge in [-0.1, -0.05) is 114 Å². The Morgan fingerprint density at radius 2 is 0.772 bits per heavy atom. The lowest BCUT2D eigenvalue weighted by Crippen LogP contribution is -2.10. The van der Waals surface area contributed by atoms with Crippen LogP contribution in [0.4, 0.5) is 0 Å². The number of fused-ring (bicyclic) bond motifs is 3. The van der Waals surface area contributed by atoms with Crippen LogP contribution in [-0.2, 0) is 10.8 Å². The highest BCUT2D eigenvalue weighted by Gasteiger charge is 2.25. The second kappa shape index (κ2) is 14.1. The summed E-state index contributed by atoms with van der Waals surface area (Å²) < 4.78 is 2.48. The van der Waals surface area contributed by atoms with E-state index in [1.54, 1.807) is 24.8 Å². The first-order chi connectivity index (χ1) is 27.5. The van der Waals surface area contributed by atoms with Crippen LogP contribution in [0, 0.1) is 0 Å². The van der Waals surface area contributed by atoms with Crippen LogP contribution in [0.2, 0.25) is 0 Å². The van der Waals surface area contributed by atoms with Gasteiger partial charge in [-0.3, -0.25) is 9.97 Å². The summed E-state index contributed by atoms with van der Waals surface area (Å²) in [7, 11) is 0. The lowest BCUT2D eigenvalue weighted by molar-refractivity contribution is 0.590. The molecule has 57 heavy (non-hydrogen) atoms. The van der Waals surface area contributed by atoms with Gasteiger partial charge < -0.3 is 4.57 Å². The van der Waals surface area contributed by atoms with Crippen molar-refractivity contribution in [1.29, 1.82) is 0 Å². The van der Waals surface area contributed by atoms with Crippen LogP contribution in [0.5, 0.6) is 0 Å². The lowest BCUT2D eigenvalue weighted by atomic mass is 9.85. The van der Waals surface area contributed by atoms with Gasteiger partial charge in [-0.2, -0.15) is 0 Å². The molecule has 0 spiro atoms. The third-order valence-electron chi connectivity index (χ3n) is 10.8. The van der Waals surface area contributed by atoms with E-state index in [0.717, 1.165) is 55.7 Å². The van der Waals surface area contributed by atoms with Gasteiger partial charge in [-0.15, -0.1) is 0 Å². The Morgan fingerprint density at radius 3 is 1.16 bits per heavy atom. The smallest absolute Gasteiger partial charge is 0.164 e. The fraction of sp³-hybridized carbons (Fsp3) is 0.157. The summed E-state index contributed by atoms with van der Waals surface area (Å²) in [4.78, 5) is 23.8. The molecule has 0 amide bonds. The quantitative estimate of drug-likeness (QED) is 0.170. The molecule has 0 saturated carbocycles. The molecule has 6 heteroatoms. The van der Waals surface area contributed by atoms with E-state index in [1.807, 2.05) is 24.3 Å². The van der Waals surface area contributed by atoms with Crippen molar-refractivity contribution in [1.82, 2.24) is 29.5 Å². The number of nitrogens with zero attached hydrogens (tertiary/aromatic N) is 6. The Labute approximate surface area is 334 Å². The van der Waals surface area contributed by atoms with Crippen LogP contribution in [-0.4, -0.2) is 29.5 Å². The average Bonchev–Trinajstić information content (AvgIpc) is 3.56. The van der Waals surface area contributed by atoms with Gasteiger partial charge in [0.15, 0.2) is 17.5 Å². The summed E-state index contributed by atoms with van der Waals surface area (Å²) >= 11 is 0. The Hall–Kier alpha value is -6.79. The monoisotopic (exact) mass is 740 g/mol. The van der Waals surface area contributed by atoms with Gasteiger partial charge in [0.25, 0.3) is 0 Å². The fourth-order valence-electron chi connectivity index (χ4n) is 7.64. The number of hydrogen-bond acceptors (Lipinski definition) is 5. The molecule has 6 nitrogen and oxygen atoms in total. The van der Waals surface area contributed by atoms with Gasteiger partial charge in [0.2, 0.25) is 0 Å². The highest BCUT2D eigenvalue weighted by atomic mass is 15.0. The second-order valence-corrected chi connectivity index (χ2v) is 16.7. The summed E-state index contributed by atoms with van der Waals surface area (Å²) in [6, 6.07) is 47.6. The van der Waals surface area contributed by atoms with E-state index in [9.17, 15) is 0 Å². The van der Waals surface area contributed by atoms with E-state index in [0.29, 0.717) is 17.5 Å². The zero-order valence-corrected chi connectivity index (χ0v) is 33.2. The third kappa shape index (κ3) is 6.78. The number of hydrogen-bond donors (Lipinski definition) is 0. The molecule has 0 atom stereocenters. The highest BCUT2D eigenvalue weighted by Crippen LogP contribution is 2.45. The summed E-state index contributed by atoms with van der Waals surface area (Å²) in [5, 5.41) is 2.49. The number of benzene rings is 5. The average molecular weight is 741 g/mol. The van der Waals surface area contributed by atoms with Gasteiger partial charge in [0.05, 0.1) is 16.7 Å². The normalized spacial score (nSPS) is 12.0. The van der Waals surface area contributed by atoms with Crippen LogP contribution in [0.25, 0.3) is 83.9 Å². The Bertz CT molecular complexity index is 2700. The van der Waals surface area contributed by atoms with Crippen molar-refractivity contribution >= 4 is 21.8 Å². The molecule has 0 N–H and O–H groups in total. The largest absolute Gasteiger partial charge is 0.308 e. The minimum atomic E-state index is -0.00886. The summed E-state index contributed by atoms with van der Waals surface area (Å²) in [6.07, 6.45) is 7.06. The lowest BCUT2D eigenvalue weighted by Gasteiger charge is -2.22. The predicted molar refractivity (Wildman–Crippen MR) is 234 cm³/mol. The van der Waals surface area contributed by atoms with Gasteiger partial charge >= 0.3 is 0 Å². The van der Waals surface area contributed by atoms with Crippen molar-refractivity contribution < 1.29 is 0 Å². The van der Waals surface area contributed by atoms with E-state index in [4.69, 9.17) is 15.0 Å². The van der Waals surface area contributed by atoms with Crippen molar-refractivity contribution in [3.63, 3.8) is 0 Å². The van der Waals surface area contributed by atoms with Gasteiger partial charge in [-0.05, 0) is 93.7 Å². The van der Waals surface area contributed by atoms with Crippen LogP contribution >= 0.6 is 0 Å². The first-order valence-electron chi connectivity index (χ1n) is 19.5. The van der Waals surface area contributed by atoms with E-state index < -0.39 is 0 Å². The molecule has 0 fully saturated rings. The first-order valence-corrected chi connectivity index (χ1v) is 19.5. The maximum Gasteiger partial charge on any atom is 0.164 e. The summed E-state index contributed by atoms with van der Waals surface area (Å²) in [6.45, 7) is 13.7. The predicted octanol–water partition coefficient (Wildman–Crippen LogP) is 12.7. The van der Waals surface area contributed by atoms with Crippen molar-refractivity contribution in [2.75, 3.05) is 0 Å². The molecular weight excluding hydrogens is 697 g/mol. The maximum absolute atomic E-state index is 5.15. The van der Waals surface area contributed by atoms with Crippen molar-refractivity contribution in [2.24, 2.45) is 0 Å². The number of pyridine rings is 2. The van der Waals surface area contributed by atoms with Crippen LogP contribution in [0.1, 0.15) is 52.7 Å².